The lowest BCUT2D eigenvalue weighted by Gasteiger charge is -2.22. The molecule has 0 aliphatic carbocycles. The molecular weight excluding hydrogens is 510 g/mol. The van der Waals surface area contributed by atoms with Gasteiger partial charge in [-0.25, -0.2) is 18.2 Å². The summed E-state index contributed by atoms with van der Waals surface area (Å²) in [7, 11) is -3.34. The SMILES string of the molecule is [C-]#[N+]c1cnc(C)nc1N[C@@H](C)c1cc2cccc(-c3ccc(S(C)(=O)=O)cc3)c2c(=O)n1-c1ccccc1. The average Bonchev–Trinajstić information content (AvgIpc) is 2.93. The topological polar surface area (TPSA) is 98.3 Å². The molecule has 0 radical (unpaired) electrons. The molecule has 5 rings (SSSR count). The zero-order chi connectivity index (χ0) is 27.7. The van der Waals surface area contributed by atoms with Gasteiger partial charge in [-0.3, -0.25) is 14.3 Å². The van der Waals surface area contributed by atoms with E-state index in [2.05, 4.69) is 20.1 Å². The van der Waals surface area contributed by atoms with Crippen LogP contribution in [0.25, 0.3) is 32.4 Å². The fraction of sp³-hybridized carbons (Fsp3) is 0.133. The van der Waals surface area contributed by atoms with E-state index in [1.54, 1.807) is 35.8 Å². The van der Waals surface area contributed by atoms with Crippen LogP contribution in [0.3, 0.4) is 0 Å². The number of sulfone groups is 1. The summed E-state index contributed by atoms with van der Waals surface area (Å²) >= 11 is 0. The smallest absolute Gasteiger partial charge is 0.263 e. The highest BCUT2D eigenvalue weighted by Gasteiger charge is 2.20. The number of aryl methyl sites for hydroxylation is 1. The standard InChI is InChI=1S/C30H25N5O3S/c1-19(33-29-26(31-3)18-32-20(2)34-29)27-17-22-9-8-12-25(21-13-15-24(16-14-21)39(4,37)38)28(22)30(36)35(27)23-10-6-5-7-11-23/h5-19H,1-2,4H3,(H,32,33,34)/t19-/m0/s1. The van der Waals surface area contributed by atoms with E-state index < -0.39 is 15.9 Å². The minimum atomic E-state index is -3.34. The number of aromatic nitrogens is 3. The van der Waals surface area contributed by atoms with Crippen LogP contribution in [-0.4, -0.2) is 29.2 Å². The highest BCUT2D eigenvalue weighted by molar-refractivity contribution is 7.90. The minimum Gasteiger partial charge on any atom is -0.371 e. The predicted molar refractivity (Wildman–Crippen MR) is 153 cm³/mol. The first-order valence-electron chi connectivity index (χ1n) is 12.2. The van der Waals surface area contributed by atoms with Gasteiger partial charge in [-0.1, -0.05) is 48.5 Å². The Labute approximate surface area is 226 Å². The maximum absolute atomic E-state index is 14.3. The fourth-order valence-corrected chi connectivity index (χ4v) is 5.23. The highest BCUT2D eigenvalue weighted by atomic mass is 32.2. The zero-order valence-electron chi connectivity index (χ0n) is 21.6. The number of hydrogen-bond acceptors (Lipinski definition) is 6. The van der Waals surface area contributed by atoms with Gasteiger partial charge >= 0.3 is 0 Å². The van der Waals surface area contributed by atoms with Crippen molar-refractivity contribution in [2.24, 2.45) is 0 Å². The van der Waals surface area contributed by atoms with Crippen LogP contribution in [0.1, 0.15) is 24.5 Å². The van der Waals surface area contributed by atoms with Gasteiger partial charge < -0.3 is 5.32 Å². The third kappa shape index (κ3) is 5.02. The molecule has 0 saturated heterocycles. The summed E-state index contributed by atoms with van der Waals surface area (Å²) in [5, 5.41) is 4.56. The third-order valence-electron chi connectivity index (χ3n) is 6.49. The molecule has 1 N–H and O–H groups in total. The van der Waals surface area contributed by atoms with Gasteiger partial charge in [0.1, 0.15) is 11.6 Å². The van der Waals surface area contributed by atoms with E-state index in [0.29, 0.717) is 39.7 Å². The highest BCUT2D eigenvalue weighted by Crippen LogP contribution is 2.32. The summed E-state index contributed by atoms with van der Waals surface area (Å²) in [5.74, 6) is 0.930. The summed E-state index contributed by atoms with van der Waals surface area (Å²) in [5.41, 5.74) is 2.91. The first-order valence-corrected chi connectivity index (χ1v) is 14.1. The molecule has 2 heterocycles. The summed E-state index contributed by atoms with van der Waals surface area (Å²) in [6.07, 6.45) is 2.65. The molecule has 8 nitrogen and oxygen atoms in total. The third-order valence-corrected chi connectivity index (χ3v) is 7.62. The maximum atomic E-state index is 14.3. The molecule has 39 heavy (non-hydrogen) atoms. The zero-order valence-corrected chi connectivity index (χ0v) is 22.4. The molecule has 9 heteroatoms. The van der Waals surface area contributed by atoms with Crippen molar-refractivity contribution in [3.63, 3.8) is 0 Å². The average molecular weight is 536 g/mol. The van der Waals surface area contributed by atoms with E-state index in [-0.39, 0.29) is 10.5 Å². The van der Waals surface area contributed by atoms with Gasteiger partial charge in [-0.05, 0) is 60.7 Å². The van der Waals surface area contributed by atoms with Crippen molar-refractivity contribution < 1.29 is 8.42 Å². The first-order chi connectivity index (χ1) is 18.7. The van der Waals surface area contributed by atoms with Crippen LogP contribution in [-0.2, 0) is 9.84 Å². The molecule has 1 atom stereocenters. The summed E-state index contributed by atoms with van der Waals surface area (Å²) in [4.78, 5) is 26.5. The second-order valence-corrected chi connectivity index (χ2v) is 11.3. The summed E-state index contributed by atoms with van der Waals surface area (Å²) < 4.78 is 25.6. The van der Waals surface area contributed by atoms with E-state index in [1.165, 1.54) is 12.5 Å². The van der Waals surface area contributed by atoms with Crippen molar-refractivity contribution >= 4 is 32.1 Å². The molecule has 0 fully saturated rings. The van der Waals surface area contributed by atoms with Crippen LogP contribution in [0.2, 0.25) is 0 Å². The van der Waals surface area contributed by atoms with E-state index in [0.717, 1.165) is 10.9 Å². The summed E-state index contributed by atoms with van der Waals surface area (Å²) in [6, 6.07) is 23.1. The van der Waals surface area contributed by atoms with Crippen molar-refractivity contribution in [3.05, 3.63) is 118 Å². The van der Waals surface area contributed by atoms with Crippen LogP contribution in [0.15, 0.2) is 94.7 Å². The molecule has 0 spiro atoms. The van der Waals surface area contributed by atoms with Crippen molar-refractivity contribution in [2.75, 3.05) is 11.6 Å². The van der Waals surface area contributed by atoms with Crippen LogP contribution in [0.4, 0.5) is 11.5 Å². The Hall–Kier alpha value is -4.81. The Kier molecular flexibility index (Phi) is 6.73. The second-order valence-electron chi connectivity index (χ2n) is 9.24. The van der Waals surface area contributed by atoms with E-state index in [1.807, 2.05) is 61.5 Å². The molecule has 0 aliphatic rings. The first kappa shape index (κ1) is 25.8. The van der Waals surface area contributed by atoms with Gasteiger partial charge in [0.2, 0.25) is 5.69 Å². The lowest BCUT2D eigenvalue weighted by molar-refractivity contribution is 0.602. The maximum Gasteiger partial charge on any atom is 0.263 e. The van der Waals surface area contributed by atoms with Crippen LogP contribution >= 0.6 is 0 Å². The molecule has 194 valence electrons. The number of anilines is 1. The van der Waals surface area contributed by atoms with Crippen molar-refractivity contribution in [3.8, 4) is 16.8 Å². The quantitative estimate of drug-likeness (QED) is 0.273. The van der Waals surface area contributed by atoms with Gasteiger partial charge in [0.05, 0.1) is 22.9 Å². The molecule has 2 aromatic heterocycles. The molecule has 0 bridgehead atoms. The van der Waals surface area contributed by atoms with Gasteiger partial charge in [0, 0.05) is 23.8 Å². The molecule has 0 unspecified atom stereocenters. The van der Waals surface area contributed by atoms with Gasteiger partial charge in [-0.2, -0.15) is 0 Å². The molecule has 0 amide bonds. The van der Waals surface area contributed by atoms with Crippen LogP contribution < -0.4 is 10.9 Å². The number of fused-ring (bicyclic) bond motifs is 1. The lowest BCUT2D eigenvalue weighted by Crippen LogP contribution is -2.26. The number of rotatable bonds is 6. The Balaban J connectivity index is 1.72. The van der Waals surface area contributed by atoms with Gasteiger partial charge in [0.25, 0.3) is 5.56 Å². The predicted octanol–water partition coefficient (Wildman–Crippen LogP) is 5.88. The van der Waals surface area contributed by atoms with Crippen molar-refractivity contribution in [1.82, 2.24) is 14.5 Å². The summed E-state index contributed by atoms with van der Waals surface area (Å²) in [6.45, 7) is 11.2. The van der Waals surface area contributed by atoms with Gasteiger partial charge in [-0.15, -0.1) is 0 Å². The molecule has 0 saturated carbocycles. The van der Waals surface area contributed by atoms with E-state index in [9.17, 15) is 13.2 Å². The van der Waals surface area contributed by atoms with E-state index >= 15 is 0 Å². The Morgan fingerprint density at radius 1 is 1.00 bits per heavy atom. The van der Waals surface area contributed by atoms with Gasteiger partial charge in [0.15, 0.2) is 9.84 Å². The molecule has 0 aliphatic heterocycles. The largest absolute Gasteiger partial charge is 0.371 e. The molecule has 3 aromatic carbocycles. The minimum absolute atomic E-state index is 0.214. The number of hydrogen-bond donors (Lipinski definition) is 1. The van der Waals surface area contributed by atoms with E-state index in [4.69, 9.17) is 6.57 Å². The fourth-order valence-electron chi connectivity index (χ4n) is 4.60. The normalized spacial score (nSPS) is 12.2. The van der Waals surface area contributed by atoms with Crippen molar-refractivity contribution in [1.29, 1.82) is 0 Å². The Bertz CT molecular complexity index is 1910. The number of pyridine rings is 1. The second kappa shape index (κ2) is 10.2. The number of benzene rings is 3. The van der Waals surface area contributed by atoms with Crippen molar-refractivity contribution in [2.45, 2.75) is 24.8 Å². The number of para-hydroxylation sites is 1. The monoisotopic (exact) mass is 535 g/mol. The van der Waals surface area contributed by atoms with Crippen LogP contribution in [0.5, 0.6) is 0 Å². The number of nitrogens with one attached hydrogen (secondary N) is 1. The Morgan fingerprint density at radius 2 is 1.72 bits per heavy atom. The van der Waals surface area contributed by atoms with Crippen LogP contribution in [0, 0.1) is 13.5 Å². The number of nitrogens with zero attached hydrogens (tertiary/aromatic N) is 4. The molecular formula is C30H25N5O3S. The molecule has 5 aromatic rings. The Morgan fingerprint density at radius 3 is 2.38 bits per heavy atom. The lowest BCUT2D eigenvalue weighted by atomic mass is 9.98.